The van der Waals surface area contributed by atoms with Crippen LogP contribution in [-0.4, -0.2) is 6.04 Å². The summed E-state index contributed by atoms with van der Waals surface area (Å²) >= 11 is 0. The van der Waals surface area contributed by atoms with Crippen LogP contribution in [0.1, 0.15) is 19.3 Å². The topological polar surface area (TPSA) is 26.0 Å². The van der Waals surface area contributed by atoms with Gasteiger partial charge in [0, 0.05) is 6.04 Å². The molecule has 0 aliphatic heterocycles. The van der Waals surface area contributed by atoms with E-state index in [-0.39, 0.29) is 6.04 Å². The lowest BCUT2D eigenvalue weighted by Gasteiger charge is -2.21. The van der Waals surface area contributed by atoms with Gasteiger partial charge in [-0.25, -0.2) is 0 Å². The van der Waals surface area contributed by atoms with Crippen LogP contribution in [0.25, 0.3) is 0 Å². The number of hydrogen-bond acceptors (Lipinski definition) is 1. The molecule has 0 saturated carbocycles. The summed E-state index contributed by atoms with van der Waals surface area (Å²) in [6, 6.07) is 0.256. The summed E-state index contributed by atoms with van der Waals surface area (Å²) in [6.45, 7) is 0. The summed E-state index contributed by atoms with van der Waals surface area (Å²) in [4.78, 5) is 0. The first-order valence-corrected chi connectivity index (χ1v) is 4.19. The van der Waals surface area contributed by atoms with Crippen LogP contribution in [0.2, 0.25) is 0 Å². The van der Waals surface area contributed by atoms with Crippen LogP contribution in [-0.2, 0) is 0 Å². The quantitative estimate of drug-likeness (QED) is 0.556. The molecule has 1 nitrogen and oxygen atoms in total. The normalized spacial score (nSPS) is 29.0. The molecule has 1 atom stereocenters. The van der Waals surface area contributed by atoms with E-state index in [2.05, 4.69) is 24.3 Å². The van der Waals surface area contributed by atoms with Crippen LogP contribution in [0.4, 0.5) is 0 Å². The molecule has 1 heteroatoms. The van der Waals surface area contributed by atoms with Crippen LogP contribution in [0, 0.1) is 0 Å². The van der Waals surface area contributed by atoms with Gasteiger partial charge in [-0.1, -0.05) is 24.3 Å². The van der Waals surface area contributed by atoms with Gasteiger partial charge in [-0.2, -0.15) is 0 Å². The highest BCUT2D eigenvalue weighted by Gasteiger charge is 2.15. The Morgan fingerprint density at radius 3 is 3.00 bits per heavy atom. The smallest absolute Gasteiger partial charge is 0.0332 e. The molecular weight excluding hydrogens is 134 g/mol. The minimum Gasteiger partial charge on any atom is -0.324 e. The van der Waals surface area contributed by atoms with Crippen LogP contribution >= 0.6 is 0 Å². The molecule has 2 N–H and O–H groups in total. The molecule has 2 aliphatic rings. The van der Waals surface area contributed by atoms with Crippen molar-refractivity contribution in [3.8, 4) is 0 Å². The summed E-state index contributed by atoms with van der Waals surface area (Å²) < 4.78 is 0. The maximum Gasteiger partial charge on any atom is 0.0332 e. The SMILES string of the molecule is NC1CC=CC2=C1C=CCC2. The van der Waals surface area contributed by atoms with E-state index in [0.717, 1.165) is 6.42 Å². The average Bonchev–Trinajstić information content (AvgIpc) is 2.06. The number of allylic oxidation sites excluding steroid dienone is 3. The first-order chi connectivity index (χ1) is 5.38. The maximum atomic E-state index is 5.93. The van der Waals surface area contributed by atoms with Gasteiger partial charge < -0.3 is 5.73 Å². The summed E-state index contributed by atoms with van der Waals surface area (Å²) in [6.07, 6.45) is 12.2. The standard InChI is InChI=1S/C10H13N/c11-10-7-3-5-8-4-1-2-6-9(8)10/h2-3,5-6,10H,1,4,7,11H2. The molecule has 0 aromatic heterocycles. The molecular formula is C10H13N. The Bertz CT molecular complexity index is 246. The molecule has 0 saturated heterocycles. The van der Waals surface area contributed by atoms with Crippen molar-refractivity contribution < 1.29 is 0 Å². The Hall–Kier alpha value is -0.820. The van der Waals surface area contributed by atoms with E-state index in [0.29, 0.717) is 0 Å². The summed E-state index contributed by atoms with van der Waals surface area (Å²) in [5.74, 6) is 0. The molecule has 0 aromatic carbocycles. The van der Waals surface area contributed by atoms with Gasteiger partial charge in [-0.05, 0) is 30.4 Å². The Kier molecular flexibility index (Phi) is 1.66. The molecule has 0 fully saturated rings. The lowest BCUT2D eigenvalue weighted by atomic mass is 9.87. The molecule has 0 aromatic rings. The zero-order valence-corrected chi connectivity index (χ0v) is 6.59. The van der Waals surface area contributed by atoms with Crippen molar-refractivity contribution >= 4 is 0 Å². The van der Waals surface area contributed by atoms with Gasteiger partial charge >= 0.3 is 0 Å². The highest BCUT2D eigenvalue weighted by molar-refractivity contribution is 5.42. The third-order valence-corrected chi connectivity index (χ3v) is 2.36. The van der Waals surface area contributed by atoms with Gasteiger partial charge in [0.25, 0.3) is 0 Å². The predicted octanol–water partition coefficient (Wildman–Crippen LogP) is 1.92. The lowest BCUT2D eigenvalue weighted by molar-refractivity contribution is 0.759. The number of rotatable bonds is 0. The molecule has 0 bridgehead atoms. The number of nitrogens with two attached hydrogens (primary N) is 1. The molecule has 0 radical (unpaired) electrons. The van der Waals surface area contributed by atoms with E-state index < -0.39 is 0 Å². The van der Waals surface area contributed by atoms with Gasteiger partial charge in [0.1, 0.15) is 0 Å². The fourth-order valence-corrected chi connectivity index (χ4v) is 1.73. The minimum absolute atomic E-state index is 0.256. The number of hydrogen-bond donors (Lipinski definition) is 1. The van der Waals surface area contributed by atoms with Gasteiger partial charge in [0.15, 0.2) is 0 Å². The predicted molar refractivity (Wildman–Crippen MR) is 47.1 cm³/mol. The third-order valence-electron chi connectivity index (χ3n) is 2.36. The van der Waals surface area contributed by atoms with Crippen molar-refractivity contribution in [3.63, 3.8) is 0 Å². The van der Waals surface area contributed by atoms with Crippen LogP contribution in [0.15, 0.2) is 35.5 Å². The van der Waals surface area contributed by atoms with Crippen LogP contribution in [0.3, 0.4) is 0 Å². The van der Waals surface area contributed by atoms with Gasteiger partial charge in [0.05, 0.1) is 0 Å². The third kappa shape index (κ3) is 1.16. The van der Waals surface area contributed by atoms with E-state index in [1.54, 1.807) is 0 Å². The molecule has 11 heavy (non-hydrogen) atoms. The van der Waals surface area contributed by atoms with Crippen molar-refractivity contribution in [1.29, 1.82) is 0 Å². The highest BCUT2D eigenvalue weighted by atomic mass is 14.6. The summed E-state index contributed by atoms with van der Waals surface area (Å²) in [5.41, 5.74) is 8.74. The fourth-order valence-electron chi connectivity index (χ4n) is 1.73. The molecule has 1 unspecified atom stereocenters. The van der Waals surface area contributed by atoms with Crippen molar-refractivity contribution in [1.82, 2.24) is 0 Å². The van der Waals surface area contributed by atoms with E-state index >= 15 is 0 Å². The molecule has 58 valence electrons. The first kappa shape index (κ1) is 6.86. The van der Waals surface area contributed by atoms with Crippen molar-refractivity contribution in [2.24, 2.45) is 5.73 Å². The fraction of sp³-hybridized carbons (Fsp3) is 0.400. The molecule has 0 heterocycles. The van der Waals surface area contributed by atoms with Gasteiger partial charge in [-0.15, -0.1) is 0 Å². The first-order valence-electron chi connectivity index (χ1n) is 4.19. The molecule has 0 amide bonds. The second-order valence-electron chi connectivity index (χ2n) is 3.17. The minimum atomic E-state index is 0.256. The van der Waals surface area contributed by atoms with Crippen LogP contribution < -0.4 is 5.73 Å². The van der Waals surface area contributed by atoms with E-state index in [4.69, 9.17) is 5.73 Å². The summed E-state index contributed by atoms with van der Waals surface area (Å²) in [7, 11) is 0. The monoisotopic (exact) mass is 147 g/mol. The molecule has 2 aliphatic carbocycles. The second kappa shape index (κ2) is 2.67. The zero-order valence-electron chi connectivity index (χ0n) is 6.59. The Balaban J connectivity index is 2.36. The lowest BCUT2D eigenvalue weighted by Crippen LogP contribution is -2.24. The highest BCUT2D eigenvalue weighted by Crippen LogP contribution is 2.26. The molecule has 0 spiro atoms. The Morgan fingerprint density at radius 1 is 1.27 bits per heavy atom. The van der Waals surface area contributed by atoms with E-state index in [1.165, 1.54) is 24.0 Å². The Morgan fingerprint density at radius 2 is 2.18 bits per heavy atom. The van der Waals surface area contributed by atoms with Crippen LogP contribution in [0.5, 0.6) is 0 Å². The summed E-state index contributed by atoms with van der Waals surface area (Å²) in [5, 5.41) is 0. The van der Waals surface area contributed by atoms with E-state index in [9.17, 15) is 0 Å². The second-order valence-corrected chi connectivity index (χ2v) is 3.17. The Labute approximate surface area is 67.3 Å². The maximum absolute atomic E-state index is 5.93. The van der Waals surface area contributed by atoms with Crippen molar-refractivity contribution in [3.05, 3.63) is 35.5 Å². The van der Waals surface area contributed by atoms with Gasteiger partial charge in [-0.3, -0.25) is 0 Å². The average molecular weight is 147 g/mol. The largest absolute Gasteiger partial charge is 0.324 e. The van der Waals surface area contributed by atoms with Gasteiger partial charge in [0.2, 0.25) is 0 Å². The van der Waals surface area contributed by atoms with Crippen molar-refractivity contribution in [2.45, 2.75) is 25.3 Å². The van der Waals surface area contributed by atoms with Crippen molar-refractivity contribution in [2.75, 3.05) is 0 Å². The molecule has 2 rings (SSSR count). The van der Waals surface area contributed by atoms with E-state index in [1.807, 2.05) is 0 Å². The zero-order chi connectivity index (χ0) is 7.68.